The Bertz CT molecular complexity index is 449. The van der Waals surface area contributed by atoms with Gasteiger partial charge < -0.3 is 14.4 Å². The highest BCUT2D eigenvalue weighted by Crippen LogP contribution is 2.29. The van der Waals surface area contributed by atoms with Crippen LogP contribution in [0.3, 0.4) is 0 Å². The van der Waals surface area contributed by atoms with Crippen LogP contribution in [-0.4, -0.2) is 62.9 Å². The average molecular weight is 291 g/mol. The van der Waals surface area contributed by atoms with Crippen LogP contribution in [0.15, 0.2) is 18.3 Å². The third-order valence-corrected chi connectivity index (χ3v) is 4.41. The Labute approximate surface area is 126 Å². The molecule has 1 atom stereocenters. The lowest BCUT2D eigenvalue weighted by molar-refractivity contribution is 0.0296. The van der Waals surface area contributed by atoms with Crippen LogP contribution < -0.4 is 9.64 Å². The molecule has 116 valence electrons. The molecule has 1 aromatic rings. The monoisotopic (exact) mass is 291 g/mol. The van der Waals surface area contributed by atoms with Crippen molar-refractivity contribution in [2.75, 3.05) is 57.9 Å². The molecule has 0 aromatic carbocycles. The Hall–Kier alpha value is -1.33. The molecule has 2 aliphatic rings. The van der Waals surface area contributed by atoms with Crippen molar-refractivity contribution in [3.05, 3.63) is 18.3 Å². The van der Waals surface area contributed by atoms with Crippen LogP contribution in [0, 0.1) is 5.92 Å². The zero-order valence-electron chi connectivity index (χ0n) is 12.8. The fourth-order valence-electron chi connectivity index (χ4n) is 3.33. The Morgan fingerprint density at radius 1 is 1.33 bits per heavy atom. The van der Waals surface area contributed by atoms with Crippen molar-refractivity contribution in [3.63, 3.8) is 0 Å². The largest absolute Gasteiger partial charge is 0.493 e. The molecule has 0 N–H and O–H groups in total. The van der Waals surface area contributed by atoms with Crippen molar-refractivity contribution >= 4 is 5.82 Å². The van der Waals surface area contributed by atoms with Crippen molar-refractivity contribution in [1.29, 1.82) is 0 Å². The second-order valence-electron chi connectivity index (χ2n) is 5.90. The van der Waals surface area contributed by atoms with E-state index in [-0.39, 0.29) is 0 Å². The minimum absolute atomic E-state index is 0.712. The Balaban J connectivity index is 1.62. The van der Waals surface area contributed by atoms with Crippen LogP contribution in [0.4, 0.5) is 5.82 Å². The molecule has 0 aliphatic carbocycles. The van der Waals surface area contributed by atoms with Gasteiger partial charge in [0, 0.05) is 38.9 Å². The quantitative estimate of drug-likeness (QED) is 0.843. The molecule has 5 heteroatoms. The normalized spacial score (nSPS) is 24.0. The maximum Gasteiger partial charge on any atom is 0.171 e. The Kier molecular flexibility index (Phi) is 4.93. The van der Waals surface area contributed by atoms with E-state index in [0.29, 0.717) is 5.92 Å². The fourth-order valence-corrected chi connectivity index (χ4v) is 3.33. The van der Waals surface area contributed by atoms with Crippen LogP contribution in [-0.2, 0) is 4.74 Å². The molecule has 0 bridgehead atoms. The predicted octanol–water partition coefficient (Wildman–Crippen LogP) is 1.64. The van der Waals surface area contributed by atoms with E-state index in [2.05, 4.69) is 14.8 Å². The van der Waals surface area contributed by atoms with Gasteiger partial charge in [0.25, 0.3) is 0 Å². The van der Waals surface area contributed by atoms with E-state index in [9.17, 15) is 0 Å². The number of aromatic nitrogens is 1. The van der Waals surface area contributed by atoms with Crippen LogP contribution in [0.1, 0.15) is 12.8 Å². The van der Waals surface area contributed by atoms with Crippen molar-refractivity contribution in [3.8, 4) is 5.75 Å². The summed E-state index contributed by atoms with van der Waals surface area (Å²) in [7, 11) is 1.72. The maximum atomic E-state index is 5.45. The first-order valence-corrected chi connectivity index (χ1v) is 7.91. The highest BCUT2D eigenvalue weighted by atomic mass is 16.5. The van der Waals surface area contributed by atoms with Crippen molar-refractivity contribution in [1.82, 2.24) is 9.88 Å². The highest BCUT2D eigenvalue weighted by Gasteiger charge is 2.25. The number of morpholine rings is 1. The molecule has 0 radical (unpaired) electrons. The first-order valence-electron chi connectivity index (χ1n) is 7.91. The van der Waals surface area contributed by atoms with Crippen molar-refractivity contribution < 1.29 is 9.47 Å². The molecule has 0 unspecified atom stereocenters. The molecular weight excluding hydrogens is 266 g/mol. The molecule has 3 rings (SSSR count). The Morgan fingerprint density at radius 2 is 2.19 bits per heavy atom. The third kappa shape index (κ3) is 3.66. The van der Waals surface area contributed by atoms with E-state index in [1.165, 1.54) is 19.4 Å². The molecule has 0 saturated carbocycles. The summed E-state index contributed by atoms with van der Waals surface area (Å²) in [5, 5.41) is 0. The summed E-state index contributed by atoms with van der Waals surface area (Å²) in [4.78, 5) is 9.44. The first kappa shape index (κ1) is 14.6. The van der Waals surface area contributed by atoms with E-state index in [1.54, 1.807) is 7.11 Å². The number of ether oxygens (including phenoxy) is 2. The summed E-state index contributed by atoms with van der Waals surface area (Å²) >= 11 is 0. The zero-order chi connectivity index (χ0) is 14.5. The molecule has 2 aliphatic heterocycles. The summed E-state index contributed by atoms with van der Waals surface area (Å²) in [5.74, 6) is 2.58. The molecule has 0 amide bonds. The van der Waals surface area contributed by atoms with Crippen molar-refractivity contribution in [2.45, 2.75) is 12.8 Å². The van der Waals surface area contributed by atoms with E-state index in [4.69, 9.17) is 9.47 Å². The second-order valence-corrected chi connectivity index (χ2v) is 5.90. The van der Waals surface area contributed by atoms with Crippen LogP contribution in [0.25, 0.3) is 0 Å². The minimum atomic E-state index is 0.712. The lowest BCUT2D eigenvalue weighted by atomic mass is 9.97. The minimum Gasteiger partial charge on any atom is -0.493 e. The van der Waals surface area contributed by atoms with Gasteiger partial charge in [0.2, 0.25) is 0 Å². The lowest BCUT2D eigenvalue weighted by Gasteiger charge is -2.37. The van der Waals surface area contributed by atoms with Crippen molar-refractivity contribution in [2.24, 2.45) is 5.92 Å². The first-order chi connectivity index (χ1) is 10.4. The lowest BCUT2D eigenvalue weighted by Crippen LogP contribution is -2.44. The van der Waals surface area contributed by atoms with Gasteiger partial charge >= 0.3 is 0 Å². The maximum absolute atomic E-state index is 5.45. The number of rotatable bonds is 4. The van der Waals surface area contributed by atoms with Crippen LogP contribution in [0.5, 0.6) is 5.75 Å². The molecule has 21 heavy (non-hydrogen) atoms. The third-order valence-electron chi connectivity index (χ3n) is 4.41. The number of anilines is 1. The molecular formula is C16H25N3O2. The van der Waals surface area contributed by atoms with Gasteiger partial charge in [0.1, 0.15) is 0 Å². The standard InChI is InChI=1S/C16H25N3O2/c1-20-15-5-2-6-17-16(15)19-7-3-4-14(13-19)12-18-8-10-21-11-9-18/h2,5-6,14H,3-4,7-13H2,1H3/t14-/m1/s1. The van der Waals surface area contributed by atoms with Gasteiger partial charge in [-0.1, -0.05) is 0 Å². The molecule has 3 heterocycles. The molecule has 2 fully saturated rings. The summed E-state index contributed by atoms with van der Waals surface area (Å²) < 4.78 is 10.9. The highest BCUT2D eigenvalue weighted by molar-refractivity contribution is 5.52. The van der Waals surface area contributed by atoms with Gasteiger partial charge in [-0.15, -0.1) is 0 Å². The molecule has 0 spiro atoms. The summed E-state index contributed by atoms with van der Waals surface area (Å²) in [6, 6.07) is 3.92. The topological polar surface area (TPSA) is 37.8 Å². The number of pyridine rings is 1. The number of piperidine rings is 1. The van der Waals surface area contributed by atoms with Gasteiger partial charge in [-0.05, 0) is 30.9 Å². The zero-order valence-corrected chi connectivity index (χ0v) is 12.8. The van der Waals surface area contributed by atoms with Gasteiger partial charge in [-0.25, -0.2) is 4.98 Å². The Morgan fingerprint density at radius 3 is 3.00 bits per heavy atom. The summed E-state index contributed by atoms with van der Waals surface area (Å²) in [6.45, 7) is 7.23. The SMILES string of the molecule is COc1cccnc1N1CCC[C@H](CN2CCOCC2)C1. The number of nitrogens with zero attached hydrogens (tertiary/aromatic N) is 3. The van der Waals surface area contributed by atoms with E-state index in [0.717, 1.165) is 51.0 Å². The molecule has 2 saturated heterocycles. The summed E-state index contributed by atoms with van der Waals surface area (Å²) in [6.07, 6.45) is 4.39. The van der Waals surface area contributed by atoms with Gasteiger partial charge in [-0.2, -0.15) is 0 Å². The second kappa shape index (κ2) is 7.09. The fraction of sp³-hybridized carbons (Fsp3) is 0.688. The van der Waals surface area contributed by atoms with Crippen LogP contribution >= 0.6 is 0 Å². The van der Waals surface area contributed by atoms with E-state index >= 15 is 0 Å². The average Bonchev–Trinajstić information content (AvgIpc) is 2.56. The number of hydrogen-bond acceptors (Lipinski definition) is 5. The number of methoxy groups -OCH3 is 1. The van der Waals surface area contributed by atoms with Gasteiger partial charge in [0.15, 0.2) is 11.6 Å². The smallest absolute Gasteiger partial charge is 0.171 e. The molecule has 1 aromatic heterocycles. The molecule has 5 nitrogen and oxygen atoms in total. The predicted molar refractivity (Wildman–Crippen MR) is 83.0 cm³/mol. The van der Waals surface area contributed by atoms with E-state index < -0.39 is 0 Å². The van der Waals surface area contributed by atoms with Gasteiger partial charge in [0.05, 0.1) is 20.3 Å². The van der Waals surface area contributed by atoms with Crippen LogP contribution in [0.2, 0.25) is 0 Å². The number of hydrogen-bond donors (Lipinski definition) is 0. The van der Waals surface area contributed by atoms with Gasteiger partial charge in [-0.3, -0.25) is 4.90 Å². The summed E-state index contributed by atoms with van der Waals surface area (Å²) in [5.41, 5.74) is 0. The van der Waals surface area contributed by atoms with E-state index in [1.807, 2.05) is 18.3 Å².